The molecule has 2 aromatic carbocycles. The largest absolute Gasteiger partial charge is 0.390 e. The number of fused-ring (bicyclic) bond motifs is 2. The van der Waals surface area contributed by atoms with E-state index >= 15 is 0 Å². The molecule has 8 nitrogen and oxygen atoms in total. The number of aliphatic hydroxyl groups excluding tert-OH is 1. The number of guanidine groups is 1. The van der Waals surface area contributed by atoms with E-state index in [2.05, 4.69) is 5.32 Å². The SMILES string of the molecule is CCC1(CC)CC(=O)N([C@@H]2C[C@H](OC)c3ccc(C(=O)N[C@@H]4c5ccccc5C[C@H]4O)cc32)C(N)=N1. The highest BCUT2D eigenvalue weighted by Gasteiger charge is 2.44. The highest BCUT2D eigenvalue weighted by atomic mass is 16.5. The summed E-state index contributed by atoms with van der Waals surface area (Å²) in [6, 6.07) is 12.4. The van der Waals surface area contributed by atoms with Crippen LogP contribution in [0.5, 0.6) is 0 Å². The van der Waals surface area contributed by atoms with Gasteiger partial charge in [-0.1, -0.05) is 44.2 Å². The molecular formula is C28H34N4O4. The first kappa shape index (κ1) is 24.5. The minimum Gasteiger partial charge on any atom is -0.390 e. The fraction of sp³-hybridized carbons (Fsp3) is 0.464. The van der Waals surface area contributed by atoms with Crippen LogP contribution in [0.2, 0.25) is 0 Å². The van der Waals surface area contributed by atoms with E-state index in [4.69, 9.17) is 15.5 Å². The lowest BCUT2D eigenvalue weighted by molar-refractivity contribution is -0.131. The third kappa shape index (κ3) is 3.98. The number of benzene rings is 2. The van der Waals surface area contributed by atoms with Crippen molar-refractivity contribution in [2.75, 3.05) is 7.11 Å². The maximum Gasteiger partial charge on any atom is 0.251 e. The van der Waals surface area contributed by atoms with Crippen molar-refractivity contribution in [3.05, 3.63) is 70.3 Å². The van der Waals surface area contributed by atoms with Gasteiger partial charge in [0, 0.05) is 25.5 Å². The number of nitrogens with zero attached hydrogens (tertiary/aromatic N) is 2. The van der Waals surface area contributed by atoms with E-state index in [9.17, 15) is 14.7 Å². The first-order valence-corrected chi connectivity index (χ1v) is 12.7. The summed E-state index contributed by atoms with van der Waals surface area (Å²) in [5.41, 5.74) is 10.2. The third-order valence-electron chi connectivity index (χ3n) is 8.24. The number of carbonyl (C=O) groups excluding carboxylic acids is 2. The standard InChI is InChI=1S/C28H34N4O4/c1-4-28(5-2)15-24(34)32(27(29)31-28)21-14-23(36-3)19-11-10-17(12-20(19)21)26(35)30-25-18-9-7-6-8-16(18)13-22(25)33/h6-12,21-23,25,33H,4-5,13-15H2,1-3H3,(H2,29,31)(H,30,35)/t21-,22-,23+,25-/m1/s1. The molecule has 0 saturated carbocycles. The lowest BCUT2D eigenvalue weighted by atomic mass is 9.87. The number of carbonyl (C=O) groups is 2. The van der Waals surface area contributed by atoms with Crippen LogP contribution in [0.4, 0.5) is 0 Å². The van der Waals surface area contributed by atoms with Gasteiger partial charge in [0.15, 0.2) is 5.96 Å². The molecule has 0 radical (unpaired) electrons. The Kier molecular flexibility index (Phi) is 6.34. The number of hydrogen-bond donors (Lipinski definition) is 3. The summed E-state index contributed by atoms with van der Waals surface area (Å²) in [5, 5.41) is 13.6. The molecule has 4 atom stereocenters. The van der Waals surface area contributed by atoms with Crippen molar-refractivity contribution in [1.82, 2.24) is 10.2 Å². The van der Waals surface area contributed by atoms with Crippen molar-refractivity contribution < 1.29 is 19.4 Å². The molecule has 5 rings (SSSR count). The normalized spacial score (nSPS) is 26.4. The van der Waals surface area contributed by atoms with Crippen molar-refractivity contribution in [3.8, 4) is 0 Å². The molecule has 0 unspecified atom stereocenters. The Hall–Kier alpha value is -3.23. The lowest BCUT2D eigenvalue weighted by Crippen LogP contribution is -2.52. The van der Waals surface area contributed by atoms with Gasteiger partial charge in [0.05, 0.1) is 36.3 Å². The first-order valence-electron chi connectivity index (χ1n) is 12.7. The number of methoxy groups -OCH3 is 1. The molecule has 4 N–H and O–H groups in total. The van der Waals surface area contributed by atoms with Crippen LogP contribution >= 0.6 is 0 Å². The Labute approximate surface area is 211 Å². The van der Waals surface area contributed by atoms with Crippen molar-refractivity contribution >= 4 is 17.8 Å². The van der Waals surface area contributed by atoms with E-state index in [0.29, 0.717) is 24.8 Å². The van der Waals surface area contributed by atoms with Crippen LogP contribution in [0.1, 0.15) is 90.3 Å². The Morgan fingerprint density at radius 3 is 2.64 bits per heavy atom. The molecule has 8 heteroatoms. The number of nitrogens with one attached hydrogen (secondary N) is 1. The molecule has 3 aliphatic rings. The number of ether oxygens (including phenoxy) is 1. The molecule has 2 amide bonds. The van der Waals surface area contributed by atoms with Gasteiger partial charge in [-0.2, -0.15) is 0 Å². The topological polar surface area (TPSA) is 117 Å². The van der Waals surface area contributed by atoms with E-state index < -0.39 is 17.7 Å². The van der Waals surface area contributed by atoms with Crippen molar-refractivity contribution in [3.63, 3.8) is 0 Å². The third-order valence-corrected chi connectivity index (χ3v) is 8.24. The van der Waals surface area contributed by atoms with Gasteiger partial charge in [0.2, 0.25) is 5.91 Å². The second-order valence-electron chi connectivity index (χ2n) is 10.1. The van der Waals surface area contributed by atoms with Gasteiger partial charge in [0.25, 0.3) is 5.91 Å². The minimum absolute atomic E-state index is 0.0561. The number of hydrogen-bond acceptors (Lipinski definition) is 6. The Morgan fingerprint density at radius 1 is 1.19 bits per heavy atom. The van der Waals surface area contributed by atoms with E-state index in [1.54, 1.807) is 18.1 Å². The van der Waals surface area contributed by atoms with Crippen LogP contribution in [0.15, 0.2) is 47.5 Å². The predicted molar refractivity (Wildman–Crippen MR) is 136 cm³/mol. The zero-order valence-corrected chi connectivity index (χ0v) is 21.0. The molecular weight excluding hydrogens is 456 g/mol. The smallest absolute Gasteiger partial charge is 0.251 e. The molecule has 0 bridgehead atoms. The summed E-state index contributed by atoms with van der Waals surface area (Å²) in [5.74, 6) is -0.108. The molecule has 2 aliphatic carbocycles. The monoisotopic (exact) mass is 490 g/mol. The van der Waals surface area contributed by atoms with Gasteiger partial charge < -0.3 is 20.9 Å². The van der Waals surface area contributed by atoms with E-state index in [-0.39, 0.29) is 29.9 Å². The quantitative estimate of drug-likeness (QED) is 0.574. The summed E-state index contributed by atoms with van der Waals surface area (Å²) in [4.78, 5) is 33.0. The number of amides is 2. The Morgan fingerprint density at radius 2 is 1.94 bits per heavy atom. The molecule has 1 heterocycles. The Bertz CT molecular complexity index is 1220. The molecule has 0 aromatic heterocycles. The van der Waals surface area contributed by atoms with E-state index in [0.717, 1.165) is 35.1 Å². The van der Waals surface area contributed by atoms with Crippen LogP contribution in [-0.4, -0.2) is 46.5 Å². The maximum absolute atomic E-state index is 13.3. The van der Waals surface area contributed by atoms with Gasteiger partial charge in [-0.05, 0) is 47.2 Å². The van der Waals surface area contributed by atoms with E-state index in [1.807, 2.05) is 50.2 Å². The average molecular weight is 491 g/mol. The summed E-state index contributed by atoms with van der Waals surface area (Å²) in [7, 11) is 1.64. The Balaban J connectivity index is 1.45. The lowest BCUT2D eigenvalue weighted by Gasteiger charge is -2.39. The van der Waals surface area contributed by atoms with Gasteiger partial charge >= 0.3 is 0 Å². The zero-order valence-electron chi connectivity index (χ0n) is 21.0. The van der Waals surface area contributed by atoms with Gasteiger partial charge in [0.1, 0.15) is 0 Å². The fourth-order valence-corrected chi connectivity index (χ4v) is 6.02. The average Bonchev–Trinajstić information content (AvgIpc) is 3.40. The fourth-order valence-electron chi connectivity index (χ4n) is 6.02. The molecule has 1 aliphatic heterocycles. The number of nitrogens with two attached hydrogens (primary N) is 1. The number of aliphatic hydroxyl groups is 1. The van der Waals surface area contributed by atoms with Crippen LogP contribution in [0.25, 0.3) is 0 Å². The van der Waals surface area contributed by atoms with Crippen LogP contribution in [0, 0.1) is 0 Å². The van der Waals surface area contributed by atoms with Crippen molar-refractivity contribution in [1.29, 1.82) is 0 Å². The van der Waals surface area contributed by atoms with Gasteiger partial charge in [-0.25, -0.2) is 4.99 Å². The molecule has 0 fully saturated rings. The highest BCUT2D eigenvalue weighted by Crippen LogP contribution is 2.46. The van der Waals surface area contributed by atoms with Crippen LogP contribution in [-0.2, 0) is 16.0 Å². The van der Waals surface area contributed by atoms with Gasteiger partial charge in [-0.3, -0.25) is 14.5 Å². The number of aliphatic imine (C=N–C) groups is 1. The van der Waals surface area contributed by atoms with Crippen LogP contribution in [0.3, 0.4) is 0 Å². The second kappa shape index (κ2) is 9.33. The summed E-state index contributed by atoms with van der Waals surface area (Å²) in [6.07, 6.45) is 1.96. The van der Waals surface area contributed by atoms with Crippen molar-refractivity contribution in [2.45, 2.75) is 75.8 Å². The maximum atomic E-state index is 13.3. The van der Waals surface area contributed by atoms with Gasteiger partial charge in [-0.15, -0.1) is 0 Å². The van der Waals surface area contributed by atoms with E-state index in [1.165, 1.54) is 0 Å². The molecule has 190 valence electrons. The second-order valence-corrected chi connectivity index (χ2v) is 10.1. The minimum atomic E-state index is -0.675. The molecule has 0 saturated heterocycles. The zero-order chi connectivity index (χ0) is 25.6. The summed E-state index contributed by atoms with van der Waals surface area (Å²) >= 11 is 0. The number of rotatable bonds is 6. The molecule has 36 heavy (non-hydrogen) atoms. The van der Waals surface area contributed by atoms with Crippen LogP contribution < -0.4 is 11.1 Å². The highest BCUT2D eigenvalue weighted by molar-refractivity contribution is 6.00. The summed E-state index contributed by atoms with van der Waals surface area (Å²) < 4.78 is 5.72. The molecule has 2 aromatic rings. The van der Waals surface area contributed by atoms with Crippen molar-refractivity contribution in [2.24, 2.45) is 10.7 Å². The molecule has 0 spiro atoms. The first-order chi connectivity index (χ1) is 17.3. The predicted octanol–water partition coefficient (Wildman–Crippen LogP) is 3.31. The summed E-state index contributed by atoms with van der Waals surface area (Å²) in [6.45, 7) is 4.05.